The number of carbonyl (C=O) groups is 3. The number of hydrogen-bond acceptors (Lipinski definition) is 5. The van der Waals surface area contributed by atoms with E-state index in [2.05, 4.69) is 0 Å². The number of alkyl halides is 3. The molecule has 1 fully saturated rings. The minimum absolute atomic E-state index is 0.114. The van der Waals surface area contributed by atoms with Crippen molar-refractivity contribution in [3.63, 3.8) is 0 Å². The van der Waals surface area contributed by atoms with E-state index in [4.69, 9.17) is 4.74 Å². The fourth-order valence-corrected chi connectivity index (χ4v) is 3.79. The van der Waals surface area contributed by atoms with Crippen molar-refractivity contribution in [2.24, 2.45) is 5.92 Å². The lowest BCUT2D eigenvalue weighted by Gasteiger charge is -2.33. The number of ether oxygens (including phenoxy) is 1. The number of carbonyl (C=O) groups excluding carboxylic acids is 3. The first-order chi connectivity index (χ1) is 15.1. The maximum absolute atomic E-state index is 13.0. The van der Waals surface area contributed by atoms with Gasteiger partial charge in [-0.05, 0) is 42.2 Å². The summed E-state index contributed by atoms with van der Waals surface area (Å²) in [5, 5.41) is 9.90. The second kappa shape index (κ2) is 9.42. The van der Waals surface area contributed by atoms with Crippen LogP contribution in [0, 0.1) is 5.92 Å². The van der Waals surface area contributed by atoms with E-state index in [-0.39, 0.29) is 43.3 Å². The quantitative estimate of drug-likeness (QED) is 0.528. The number of nitrogens with zero attached hydrogens (tertiary/aromatic N) is 1. The fraction of sp³-hybridized carbons (Fsp3) is 0.348. The first-order valence-electron chi connectivity index (χ1n) is 9.97. The predicted octanol–water partition coefficient (Wildman–Crippen LogP) is 4.21. The summed E-state index contributed by atoms with van der Waals surface area (Å²) in [6.45, 7) is 0.351. The SMILES string of the molecule is COC(=O)c1ccccc1CN1CC(CC(=O)c2cc(C(F)(F)F)ccc2O)CCC1=O. The topological polar surface area (TPSA) is 83.9 Å². The van der Waals surface area contributed by atoms with E-state index in [1.807, 2.05) is 0 Å². The Morgan fingerprint density at radius 2 is 1.88 bits per heavy atom. The first-order valence-corrected chi connectivity index (χ1v) is 9.97. The Labute approximate surface area is 182 Å². The molecule has 2 aromatic rings. The smallest absolute Gasteiger partial charge is 0.416 e. The molecule has 1 aliphatic heterocycles. The molecule has 170 valence electrons. The summed E-state index contributed by atoms with van der Waals surface area (Å²) in [5.41, 5.74) is -0.483. The van der Waals surface area contributed by atoms with Gasteiger partial charge < -0.3 is 14.7 Å². The van der Waals surface area contributed by atoms with Crippen LogP contribution in [-0.2, 0) is 22.3 Å². The molecule has 1 atom stereocenters. The number of esters is 1. The molecule has 32 heavy (non-hydrogen) atoms. The number of halogens is 3. The standard InChI is InChI=1S/C23H22F3NO5/c1-32-22(31)17-5-3-2-4-15(17)13-27-12-14(6-9-21(27)30)10-20(29)18-11-16(23(24,25)26)7-8-19(18)28/h2-5,7-8,11,14,28H,6,9-10,12-13H2,1H3. The lowest BCUT2D eigenvalue weighted by atomic mass is 9.89. The summed E-state index contributed by atoms with van der Waals surface area (Å²) in [7, 11) is 1.26. The number of amides is 1. The third kappa shape index (κ3) is 5.27. The van der Waals surface area contributed by atoms with Crippen molar-refractivity contribution < 1.29 is 37.4 Å². The fourth-order valence-electron chi connectivity index (χ4n) is 3.79. The van der Waals surface area contributed by atoms with Crippen LogP contribution in [0.5, 0.6) is 5.75 Å². The molecule has 9 heteroatoms. The summed E-state index contributed by atoms with van der Waals surface area (Å²) in [4.78, 5) is 38.6. The zero-order chi connectivity index (χ0) is 23.5. The molecule has 0 bridgehead atoms. The minimum atomic E-state index is -4.64. The highest BCUT2D eigenvalue weighted by molar-refractivity contribution is 5.99. The summed E-state index contributed by atoms with van der Waals surface area (Å²) >= 11 is 0. The molecule has 3 rings (SSSR count). The van der Waals surface area contributed by atoms with Crippen LogP contribution >= 0.6 is 0 Å². The van der Waals surface area contributed by atoms with E-state index in [1.54, 1.807) is 24.3 Å². The van der Waals surface area contributed by atoms with Gasteiger partial charge in [-0.2, -0.15) is 13.2 Å². The molecule has 1 amide bonds. The van der Waals surface area contributed by atoms with E-state index in [1.165, 1.54) is 12.0 Å². The summed E-state index contributed by atoms with van der Waals surface area (Å²) in [6.07, 6.45) is -4.17. The number of methoxy groups -OCH3 is 1. The van der Waals surface area contributed by atoms with E-state index >= 15 is 0 Å². The van der Waals surface area contributed by atoms with Gasteiger partial charge in [0.15, 0.2) is 5.78 Å². The third-order valence-electron chi connectivity index (χ3n) is 5.48. The van der Waals surface area contributed by atoms with Gasteiger partial charge in [-0.3, -0.25) is 9.59 Å². The Morgan fingerprint density at radius 3 is 2.56 bits per heavy atom. The van der Waals surface area contributed by atoms with Gasteiger partial charge >= 0.3 is 12.1 Å². The van der Waals surface area contributed by atoms with Gasteiger partial charge in [-0.25, -0.2) is 4.79 Å². The minimum Gasteiger partial charge on any atom is -0.507 e. The average molecular weight is 449 g/mol. The maximum Gasteiger partial charge on any atom is 0.416 e. The van der Waals surface area contributed by atoms with Crippen LogP contribution in [0.3, 0.4) is 0 Å². The zero-order valence-corrected chi connectivity index (χ0v) is 17.3. The molecule has 1 aliphatic rings. The van der Waals surface area contributed by atoms with E-state index in [9.17, 15) is 32.7 Å². The lowest BCUT2D eigenvalue weighted by molar-refractivity contribution is -0.137. The van der Waals surface area contributed by atoms with Crippen molar-refractivity contribution in [3.8, 4) is 5.75 Å². The van der Waals surface area contributed by atoms with Gasteiger partial charge in [0.1, 0.15) is 5.75 Å². The monoisotopic (exact) mass is 449 g/mol. The van der Waals surface area contributed by atoms with E-state index in [0.29, 0.717) is 29.7 Å². The molecular weight excluding hydrogens is 427 g/mol. The zero-order valence-electron chi connectivity index (χ0n) is 17.3. The van der Waals surface area contributed by atoms with Gasteiger partial charge in [0.25, 0.3) is 0 Å². The van der Waals surface area contributed by atoms with Gasteiger partial charge in [0, 0.05) is 25.9 Å². The van der Waals surface area contributed by atoms with Gasteiger partial charge in [-0.15, -0.1) is 0 Å². The van der Waals surface area contributed by atoms with Crippen molar-refractivity contribution in [1.82, 2.24) is 4.90 Å². The lowest BCUT2D eigenvalue weighted by Crippen LogP contribution is -2.40. The molecule has 1 heterocycles. The molecule has 1 unspecified atom stereocenters. The van der Waals surface area contributed by atoms with Gasteiger partial charge in [-0.1, -0.05) is 18.2 Å². The van der Waals surface area contributed by atoms with Crippen molar-refractivity contribution in [2.45, 2.75) is 32.0 Å². The van der Waals surface area contributed by atoms with Crippen LogP contribution in [0.1, 0.15) is 51.1 Å². The van der Waals surface area contributed by atoms with Gasteiger partial charge in [0.05, 0.1) is 23.8 Å². The Kier molecular flexibility index (Phi) is 6.86. The van der Waals surface area contributed by atoms with Crippen LogP contribution < -0.4 is 0 Å². The number of aromatic hydroxyl groups is 1. The molecule has 0 spiro atoms. The molecule has 1 saturated heterocycles. The Hall–Kier alpha value is -3.36. The highest BCUT2D eigenvalue weighted by Crippen LogP contribution is 2.33. The largest absolute Gasteiger partial charge is 0.507 e. The molecule has 1 N–H and O–H groups in total. The second-order valence-electron chi connectivity index (χ2n) is 7.68. The number of Topliss-reactive ketones (excluding diaryl/α,β-unsaturated/α-hetero) is 1. The van der Waals surface area contributed by atoms with Crippen LogP contribution in [0.25, 0.3) is 0 Å². The second-order valence-corrected chi connectivity index (χ2v) is 7.68. The summed E-state index contributed by atoms with van der Waals surface area (Å²) in [5.74, 6) is -2.10. The summed E-state index contributed by atoms with van der Waals surface area (Å²) in [6, 6.07) is 8.92. The molecule has 0 radical (unpaired) electrons. The normalized spacial score (nSPS) is 16.7. The first kappa shape index (κ1) is 23.3. The van der Waals surface area contributed by atoms with Gasteiger partial charge in [0.2, 0.25) is 5.91 Å². The molecule has 6 nitrogen and oxygen atoms in total. The van der Waals surface area contributed by atoms with Crippen molar-refractivity contribution in [3.05, 3.63) is 64.7 Å². The van der Waals surface area contributed by atoms with Crippen LogP contribution in [-0.4, -0.2) is 41.3 Å². The number of hydrogen-bond donors (Lipinski definition) is 1. The number of ketones is 1. The number of rotatable bonds is 6. The van der Waals surface area contributed by atoms with Crippen molar-refractivity contribution in [2.75, 3.05) is 13.7 Å². The van der Waals surface area contributed by atoms with Crippen LogP contribution in [0.15, 0.2) is 42.5 Å². The molecule has 0 aromatic heterocycles. The van der Waals surface area contributed by atoms with Crippen LogP contribution in [0.4, 0.5) is 13.2 Å². The number of phenolic OH excluding ortho intramolecular Hbond substituents is 1. The number of likely N-dealkylation sites (tertiary alicyclic amines) is 1. The molecular formula is C23H22F3NO5. The number of benzene rings is 2. The van der Waals surface area contributed by atoms with E-state index < -0.39 is 29.2 Å². The highest BCUT2D eigenvalue weighted by Gasteiger charge is 2.33. The Morgan fingerprint density at radius 1 is 1.16 bits per heavy atom. The highest BCUT2D eigenvalue weighted by atomic mass is 19.4. The third-order valence-corrected chi connectivity index (χ3v) is 5.48. The van der Waals surface area contributed by atoms with Crippen LogP contribution in [0.2, 0.25) is 0 Å². The molecule has 0 aliphatic carbocycles. The Bertz CT molecular complexity index is 1030. The maximum atomic E-state index is 13.0. The summed E-state index contributed by atoms with van der Waals surface area (Å²) < 4.78 is 43.7. The molecule has 2 aromatic carbocycles. The van der Waals surface area contributed by atoms with Crippen molar-refractivity contribution in [1.29, 1.82) is 0 Å². The Balaban J connectivity index is 1.73. The van der Waals surface area contributed by atoms with E-state index in [0.717, 1.165) is 6.07 Å². The van der Waals surface area contributed by atoms with Crippen molar-refractivity contribution >= 4 is 17.7 Å². The number of phenols is 1. The molecule has 0 saturated carbocycles. The number of piperidine rings is 1. The average Bonchev–Trinajstić information content (AvgIpc) is 2.75. The predicted molar refractivity (Wildman–Crippen MR) is 108 cm³/mol.